The molecule has 1 aliphatic heterocycles. The van der Waals surface area contributed by atoms with Crippen LogP contribution in [0.1, 0.15) is 57.4 Å². The topological polar surface area (TPSA) is 97.4 Å². The number of amides is 2. The summed E-state index contributed by atoms with van der Waals surface area (Å²) >= 11 is 0. The Morgan fingerprint density at radius 1 is 1.04 bits per heavy atom. The van der Waals surface area contributed by atoms with E-state index >= 15 is 0 Å². The van der Waals surface area contributed by atoms with Gasteiger partial charge in [-0.3, -0.25) is 14.4 Å². The number of primary amides is 1. The highest BCUT2D eigenvalue weighted by atomic mass is 16.2. The lowest BCUT2D eigenvalue weighted by molar-refractivity contribution is 0.0993. The summed E-state index contributed by atoms with van der Waals surface area (Å²) in [5, 5.41) is 2.89. The van der Waals surface area contributed by atoms with Crippen molar-refractivity contribution in [3.8, 4) is 0 Å². The van der Waals surface area contributed by atoms with Gasteiger partial charge in [0.25, 0.3) is 5.91 Å². The lowest BCUT2D eigenvalue weighted by Crippen LogP contribution is -2.30. The fourth-order valence-corrected chi connectivity index (χ4v) is 3.37. The molecule has 1 aliphatic rings. The Balaban J connectivity index is 1.93. The molecule has 3 N–H and O–H groups in total. The molecule has 0 aliphatic carbocycles. The standard InChI is InChI=1S/C20H24N4O3/c1-13(25)15-11-18(23(2)12-15)20(27)22-16-10-14(19(21)26)6-7-17(16)24-8-4-3-5-9-24/h6-7,10-12H,3-5,8-9H2,1-2H3,(H2,21,26)(H,22,27). The quantitative estimate of drug-likeness (QED) is 0.793. The van der Waals surface area contributed by atoms with E-state index < -0.39 is 5.91 Å². The van der Waals surface area contributed by atoms with Crippen molar-refractivity contribution >= 4 is 29.0 Å². The van der Waals surface area contributed by atoms with Crippen LogP contribution in [0.25, 0.3) is 0 Å². The molecule has 2 amide bonds. The van der Waals surface area contributed by atoms with Crippen molar-refractivity contribution in [3.05, 3.63) is 47.3 Å². The van der Waals surface area contributed by atoms with E-state index in [1.807, 2.05) is 6.07 Å². The van der Waals surface area contributed by atoms with Crippen molar-refractivity contribution in [2.45, 2.75) is 26.2 Å². The van der Waals surface area contributed by atoms with Crippen LogP contribution in [0, 0.1) is 0 Å². The third-order valence-corrected chi connectivity index (χ3v) is 4.87. The number of nitrogens with zero attached hydrogens (tertiary/aromatic N) is 2. The number of carbonyl (C=O) groups excluding carboxylic acids is 3. The number of rotatable bonds is 5. The summed E-state index contributed by atoms with van der Waals surface area (Å²) in [6, 6.07) is 6.68. The van der Waals surface area contributed by atoms with Gasteiger partial charge in [0.05, 0.1) is 11.4 Å². The van der Waals surface area contributed by atoms with E-state index in [0.29, 0.717) is 22.5 Å². The highest BCUT2D eigenvalue weighted by Gasteiger charge is 2.20. The summed E-state index contributed by atoms with van der Waals surface area (Å²) in [7, 11) is 1.72. The fraction of sp³-hybridized carbons (Fsp3) is 0.350. The molecule has 27 heavy (non-hydrogen) atoms. The van der Waals surface area contributed by atoms with Crippen molar-refractivity contribution in [2.24, 2.45) is 12.8 Å². The number of carbonyl (C=O) groups is 3. The number of hydrogen-bond donors (Lipinski definition) is 2. The number of piperidine rings is 1. The van der Waals surface area contributed by atoms with Crippen molar-refractivity contribution in [3.63, 3.8) is 0 Å². The molecule has 1 aromatic carbocycles. The Kier molecular flexibility index (Phi) is 5.30. The largest absolute Gasteiger partial charge is 0.370 e. The molecule has 7 heteroatoms. The molecular formula is C20H24N4O3. The van der Waals surface area contributed by atoms with Crippen LogP contribution >= 0.6 is 0 Å². The molecular weight excluding hydrogens is 344 g/mol. The molecule has 142 valence electrons. The van der Waals surface area contributed by atoms with Crippen LogP contribution in [0.5, 0.6) is 0 Å². The Morgan fingerprint density at radius 2 is 1.74 bits per heavy atom. The van der Waals surface area contributed by atoms with Gasteiger partial charge in [0.2, 0.25) is 5.91 Å². The van der Waals surface area contributed by atoms with E-state index in [1.54, 1.807) is 36.0 Å². The number of ketones is 1. The molecule has 7 nitrogen and oxygen atoms in total. The zero-order valence-electron chi connectivity index (χ0n) is 15.6. The summed E-state index contributed by atoms with van der Waals surface area (Å²) in [5.74, 6) is -0.993. The van der Waals surface area contributed by atoms with Gasteiger partial charge in [-0.25, -0.2) is 0 Å². The average Bonchev–Trinajstić information content (AvgIpc) is 3.04. The van der Waals surface area contributed by atoms with Gasteiger partial charge in [0.15, 0.2) is 5.78 Å². The summed E-state index contributed by atoms with van der Waals surface area (Å²) in [6.07, 6.45) is 4.99. The van der Waals surface area contributed by atoms with Crippen LogP contribution in [-0.2, 0) is 7.05 Å². The SMILES string of the molecule is CC(=O)c1cc(C(=O)Nc2cc(C(N)=O)ccc2N2CCCCC2)n(C)c1. The first-order valence-electron chi connectivity index (χ1n) is 9.04. The van der Waals surface area contributed by atoms with Crippen molar-refractivity contribution < 1.29 is 14.4 Å². The van der Waals surface area contributed by atoms with Gasteiger partial charge >= 0.3 is 0 Å². The molecule has 3 rings (SSSR count). The second-order valence-corrected chi connectivity index (χ2v) is 6.88. The van der Waals surface area contributed by atoms with Crippen LogP contribution in [0.3, 0.4) is 0 Å². The monoisotopic (exact) mass is 368 g/mol. The van der Waals surface area contributed by atoms with Crippen molar-refractivity contribution in [1.82, 2.24) is 4.57 Å². The predicted molar refractivity (Wildman–Crippen MR) is 104 cm³/mol. The minimum absolute atomic E-state index is 0.102. The highest BCUT2D eigenvalue weighted by molar-refractivity contribution is 6.07. The zero-order valence-corrected chi connectivity index (χ0v) is 15.6. The summed E-state index contributed by atoms with van der Waals surface area (Å²) in [6.45, 7) is 3.26. The zero-order chi connectivity index (χ0) is 19.6. The molecule has 1 fully saturated rings. The van der Waals surface area contributed by atoms with Gasteiger partial charge in [-0.15, -0.1) is 0 Å². The lowest BCUT2D eigenvalue weighted by Gasteiger charge is -2.30. The molecule has 0 bridgehead atoms. The third kappa shape index (κ3) is 4.02. The van der Waals surface area contributed by atoms with Crippen LogP contribution in [0.2, 0.25) is 0 Å². The smallest absolute Gasteiger partial charge is 0.272 e. The van der Waals surface area contributed by atoms with E-state index in [4.69, 9.17) is 5.73 Å². The van der Waals surface area contributed by atoms with Gasteiger partial charge in [0.1, 0.15) is 5.69 Å². The van der Waals surface area contributed by atoms with Gasteiger partial charge in [-0.05, 0) is 50.5 Å². The Hall–Kier alpha value is -3.09. The number of nitrogens with two attached hydrogens (primary N) is 1. The fourth-order valence-electron chi connectivity index (χ4n) is 3.37. The number of aromatic nitrogens is 1. The summed E-state index contributed by atoms with van der Waals surface area (Å²) in [4.78, 5) is 38.2. The molecule has 2 heterocycles. The molecule has 0 atom stereocenters. The maximum absolute atomic E-state index is 12.8. The van der Waals surface area contributed by atoms with Crippen molar-refractivity contribution in [1.29, 1.82) is 0 Å². The summed E-state index contributed by atoms with van der Waals surface area (Å²) < 4.78 is 1.62. The normalized spacial score (nSPS) is 14.1. The summed E-state index contributed by atoms with van der Waals surface area (Å²) in [5.41, 5.74) is 8.00. The second-order valence-electron chi connectivity index (χ2n) is 6.88. The number of Topliss-reactive ketones (excluding diaryl/α,β-unsaturated/α-hetero) is 1. The molecule has 2 aromatic rings. The van der Waals surface area contributed by atoms with Gasteiger partial charge in [-0.2, -0.15) is 0 Å². The minimum atomic E-state index is -0.548. The third-order valence-electron chi connectivity index (χ3n) is 4.87. The molecule has 1 saturated heterocycles. The maximum atomic E-state index is 12.8. The van der Waals surface area contributed by atoms with Crippen LogP contribution in [0.4, 0.5) is 11.4 Å². The number of nitrogens with one attached hydrogen (secondary N) is 1. The van der Waals surface area contributed by atoms with Crippen LogP contribution in [0.15, 0.2) is 30.5 Å². The van der Waals surface area contributed by atoms with Gasteiger partial charge in [0, 0.05) is 37.5 Å². The van der Waals surface area contributed by atoms with E-state index in [-0.39, 0.29) is 11.7 Å². The van der Waals surface area contributed by atoms with E-state index in [9.17, 15) is 14.4 Å². The van der Waals surface area contributed by atoms with Gasteiger partial charge in [-0.1, -0.05) is 0 Å². The first-order chi connectivity index (χ1) is 12.9. The molecule has 0 radical (unpaired) electrons. The number of aryl methyl sites for hydroxylation is 1. The maximum Gasteiger partial charge on any atom is 0.272 e. The number of benzene rings is 1. The second kappa shape index (κ2) is 7.65. The van der Waals surface area contributed by atoms with Crippen LogP contribution < -0.4 is 16.0 Å². The van der Waals surface area contributed by atoms with Crippen LogP contribution in [-0.4, -0.2) is 35.3 Å². The molecule has 0 saturated carbocycles. The minimum Gasteiger partial charge on any atom is -0.370 e. The lowest BCUT2D eigenvalue weighted by atomic mass is 10.1. The number of anilines is 2. The predicted octanol–water partition coefficient (Wildman–Crippen LogP) is 2.57. The van der Waals surface area contributed by atoms with E-state index in [1.165, 1.54) is 13.3 Å². The van der Waals surface area contributed by atoms with E-state index in [0.717, 1.165) is 31.6 Å². The Morgan fingerprint density at radius 3 is 2.33 bits per heavy atom. The molecule has 1 aromatic heterocycles. The Bertz CT molecular complexity index is 895. The number of hydrogen-bond acceptors (Lipinski definition) is 4. The average molecular weight is 368 g/mol. The molecule has 0 unspecified atom stereocenters. The Labute approximate surface area is 158 Å². The van der Waals surface area contributed by atoms with Gasteiger partial charge < -0.3 is 20.5 Å². The molecule has 0 spiro atoms. The highest BCUT2D eigenvalue weighted by Crippen LogP contribution is 2.30. The van der Waals surface area contributed by atoms with Crippen molar-refractivity contribution in [2.75, 3.05) is 23.3 Å². The first-order valence-corrected chi connectivity index (χ1v) is 9.04. The first kappa shape index (κ1) is 18.7. The van der Waals surface area contributed by atoms with E-state index in [2.05, 4.69) is 10.2 Å².